The summed E-state index contributed by atoms with van der Waals surface area (Å²) in [4.78, 5) is 37.0. The van der Waals surface area contributed by atoms with Gasteiger partial charge in [0, 0.05) is 39.6 Å². The van der Waals surface area contributed by atoms with Gasteiger partial charge in [-0.05, 0) is 19.3 Å². The number of hydrogen-bond acceptors (Lipinski definition) is 4. The topological polar surface area (TPSA) is 95.9 Å². The lowest BCUT2D eigenvalue weighted by molar-refractivity contribution is -0.144. The summed E-state index contributed by atoms with van der Waals surface area (Å²) in [6, 6.07) is -0.950. The molecule has 7 heteroatoms. The third-order valence-electron chi connectivity index (χ3n) is 3.83. The lowest BCUT2D eigenvalue weighted by Gasteiger charge is -2.32. The van der Waals surface area contributed by atoms with Gasteiger partial charge < -0.3 is 20.1 Å². The van der Waals surface area contributed by atoms with Gasteiger partial charge in [-0.3, -0.25) is 9.59 Å². The van der Waals surface area contributed by atoms with Crippen LogP contribution >= 0.6 is 0 Å². The zero-order valence-corrected chi connectivity index (χ0v) is 13.3. The average Bonchev–Trinajstić information content (AvgIpc) is 2.51. The lowest BCUT2D eigenvalue weighted by atomic mass is 9.96. The van der Waals surface area contributed by atoms with Gasteiger partial charge in [-0.25, -0.2) is 4.79 Å². The van der Waals surface area contributed by atoms with Crippen LogP contribution in [0.4, 0.5) is 0 Å². The van der Waals surface area contributed by atoms with Crippen LogP contribution in [-0.4, -0.2) is 60.6 Å². The van der Waals surface area contributed by atoms with E-state index >= 15 is 0 Å². The van der Waals surface area contributed by atoms with Crippen molar-refractivity contribution in [2.75, 3.05) is 26.8 Å². The molecule has 1 heterocycles. The Kier molecular flexibility index (Phi) is 7.87. The molecule has 126 valence electrons. The number of carboxylic acids is 1. The molecule has 2 unspecified atom stereocenters. The van der Waals surface area contributed by atoms with Crippen LogP contribution in [0.25, 0.3) is 0 Å². The molecule has 0 spiro atoms. The molecule has 22 heavy (non-hydrogen) atoms. The number of methoxy groups -OCH3 is 1. The van der Waals surface area contributed by atoms with Crippen molar-refractivity contribution in [2.45, 2.75) is 45.1 Å². The third kappa shape index (κ3) is 5.63. The predicted molar refractivity (Wildman–Crippen MR) is 80.3 cm³/mol. The summed E-state index contributed by atoms with van der Waals surface area (Å²) in [6.07, 6.45) is 2.94. The summed E-state index contributed by atoms with van der Waals surface area (Å²) in [7, 11) is 1.49. The number of aliphatic carboxylic acids is 1. The van der Waals surface area contributed by atoms with Crippen molar-refractivity contribution in [1.82, 2.24) is 10.2 Å². The maximum Gasteiger partial charge on any atom is 0.326 e. The standard InChI is InChI=1S/C15H26N2O5/c1-3-5-13(18)17-8-4-6-11(10-17)14(19)16-12(15(20)21)7-9-22-2/h11-12H,3-10H2,1-2H3,(H,16,19)(H,20,21). The highest BCUT2D eigenvalue weighted by Gasteiger charge is 2.30. The highest BCUT2D eigenvalue weighted by Crippen LogP contribution is 2.18. The number of ether oxygens (including phenoxy) is 1. The van der Waals surface area contributed by atoms with Gasteiger partial charge in [-0.15, -0.1) is 0 Å². The highest BCUT2D eigenvalue weighted by atomic mass is 16.5. The minimum absolute atomic E-state index is 0.0640. The minimum atomic E-state index is -1.07. The first-order valence-corrected chi connectivity index (χ1v) is 7.79. The largest absolute Gasteiger partial charge is 0.480 e. The Hall–Kier alpha value is -1.63. The van der Waals surface area contributed by atoms with Crippen LogP contribution in [0.5, 0.6) is 0 Å². The van der Waals surface area contributed by atoms with Crippen molar-refractivity contribution in [2.24, 2.45) is 5.92 Å². The second kappa shape index (κ2) is 9.40. The molecule has 7 nitrogen and oxygen atoms in total. The summed E-state index contributed by atoms with van der Waals surface area (Å²) < 4.78 is 4.86. The van der Waals surface area contributed by atoms with Crippen LogP contribution in [0.3, 0.4) is 0 Å². The number of likely N-dealkylation sites (tertiary alicyclic amines) is 1. The fourth-order valence-electron chi connectivity index (χ4n) is 2.57. The number of nitrogens with zero attached hydrogens (tertiary/aromatic N) is 1. The molecule has 1 aliphatic heterocycles. The molecule has 0 aliphatic carbocycles. The molecular weight excluding hydrogens is 288 g/mol. The summed E-state index contributed by atoms with van der Waals surface area (Å²) in [5, 5.41) is 11.7. The van der Waals surface area contributed by atoms with E-state index in [9.17, 15) is 14.4 Å². The number of nitrogens with one attached hydrogen (secondary N) is 1. The molecular formula is C15H26N2O5. The summed E-state index contributed by atoms with van der Waals surface area (Å²) in [5.74, 6) is -1.63. The Morgan fingerprint density at radius 1 is 1.41 bits per heavy atom. The first-order chi connectivity index (χ1) is 10.5. The molecule has 1 saturated heterocycles. The van der Waals surface area contributed by atoms with E-state index in [0.29, 0.717) is 25.9 Å². The highest BCUT2D eigenvalue weighted by molar-refractivity contribution is 5.86. The Balaban J connectivity index is 2.56. The van der Waals surface area contributed by atoms with Gasteiger partial charge in [-0.1, -0.05) is 6.92 Å². The van der Waals surface area contributed by atoms with Crippen LogP contribution in [0.1, 0.15) is 39.0 Å². The second-order valence-electron chi connectivity index (χ2n) is 5.61. The number of amides is 2. The van der Waals surface area contributed by atoms with E-state index in [1.165, 1.54) is 7.11 Å². The smallest absolute Gasteiger partial charge is 0.326 e. The van der Waals surface area contributed by atoms with Crippen molar-refractivity contribution in [1.29, 1.82) is 0 Å². The maximum atomic E-state index is 12.2. The number of hydrogen-bond donors (Lipinski definition) is 2. The maximum absolute atomic E-state index is 12.2. The van der Waals surface area contributed by atoms with Gasteiger partial charge >= 0.3 is 5.97 Å². The predicted octanol–water partition coefficient (Wildman–Crippen LogP) is 0.631. The van der Waals surface area contributed by atoms with E-state index in [2.05, 4.69) is 5.32 Å². The van der Waals surface area contributed by atoms with Gasteiger partial charge in [0.15, 0.2) is 0 Å². The molecule has 1 rings (SSSR count). The average molecular weight is 314 g/mol. The van der Waals surface area contributed by atoms with Crippen LogP contribution in [0.2, 0.25) is 0 Å². The molecule has 0 bridgehead atoms. The molecule has 2 atom stereocenters. The fraction of sp³-hybridized carbons (Fsp3) is 0.800. The van der Waals surface area contributed by atoms with Gasteiger partial charge in [0.1, 0.15) is 6.04 Å². The quantitative estimate of drug-likeness (QED) is 0.685. The van der Waals surface area contributed by atoms with Crippen LogP contribution in [0.15, 0.2) is 0 Å². The summed E-state index contributed by atoms with van der Waals surface area (Å²) in [6.45, 7) is 3.26. The summed E-state index contributed by atoms with van der Waals surface area (Å²) >= 11 is 0. The minimum Gasteiger partial charge on any atom is -0.480 e. The van der Waals surface area contributed by atoms with E-state index in [-0.39, 0.29) is 30.8 Å². The molecule has 0 aromatic rings. The monoisotopic (exact) mass is 314 g/mol. The molecule has 0 saturated carbocycles. The number of carboxylic acid groups (broad SMARTS) is 1. The molecule has 0 radical (unpaired) electrons. The Morgan fingerprint density at radius 3 is 2.73 bits per heavy atom. The molecule has 0 aromatic heterocycles. The number of carbonyl (C=O) groups excluding carboxylic acids is 2. The van der Waals surface area contributed by atoms with Crippen molar-refractivity contribution >= 4 is 17.8 Å². The van der Waals surface area contributed by atoms with Crippen molar-refractivity contribution in [3.8, 4) is 0 Å². The molecule has 1 fully saturated rings. The molecule has 1 aliphatic rings. The number of piperidine rings is 1. The van der Waals surface area contributed by atoms with E-state index in [1.54, 1.807) is 4.90 Å². The number of carbonyl (C=O) groups is 3. The van der Waals surface area contributed by atoms with Gasteiger partial charge in [-0.2, -0.15) is 0 Å². The van der Waals surface area contributed by atoms with Crippen molar-refractivity contribution in [3.63, 3.8) is 0 Å². The van der Waals surface area contributed by atoms with E-state index < -0.39 is 12.0 Å². The van der Waals surface area contributed by atoms with Gasteiger partial charge in [0.2, 0.25) is 11.8 Å². The van der Waals surface area contributed by atoms with E-state index in [0.717, 1.165) is 12.8 Å². The van der Waals surface area contributed by atoms with Crippen LogP contribution < -0.4 is 5.32 Å². The first kappa shape index (κ1) is 18.4. The van der Waals surface area contributed by atoms with Crippen LogP contribution in [0, 0.1) is 5.92 Å². The molecule has 2 amide bonds. The van der Waals surface area contributed by atoms with Crippen molar-refractivity contribution in [3.05, 3.63) is 0 Å². The zero-order valence-electron chi connectivity index (χ0n) is 13.3. The Morgan fingerprint density at radius 2 is 2.14 bits per heavy atom. The fourth-order valence-corrected chi connectivity index (χ4v) is 2.57. The Labute approximate surface area is 131 Å². The number of rotatable bonds is 8. The van der Waals surface area contributed by atoms with Crippen LogP contribution in [-0.2, 0) is 19.1 Å². The molecule has 0 aromatic carbocycles. The lowest BCUT2D eigenvalue weighted by Crippen LogP contribution is -2.49. The Bertz CT molecular complexity index is 399. The molecule has 2 N–H and O–H groups in total. The SMILES string of the molecule is CCCC(=O)N1CCCC(C(=O)NC(CCOC)C(=O)O)C1. The third-order valence-corrected chi connectivity index (χ3v) is 3.83. The normalized spacial score (nSPS) is 19.5. The van der Waals surface area contributed by atoms with Gasteiger partial charge in [0.05, 0.1) is 5.92 Å². The zero-order chi connectivity index (χ0) is 16.5. The summed E-state index contributed by atoms with van der Waals surface area (Å²) in [5.41, 5.74) is 0. The van der Waals surface area contributed by atoms with Crippen molar-refractivity contribution < 1.29 is 24.2 Å². The van der Waals surface area contributed by atoms with E-state index in [1.807, 2.05) is 6.92 Å². The second-order valence-corrected chi connectivity index (χ2v) is 5.61. The first-order valence-electron chi connectivity index (χ1n) is 7.79. The van der Waals surface area contributed by atoms with E-state index in [4.69, 9.17) is 9.84 Å². The van der Waals surface area contributed by atoms with Gasteiger partial charge in [0.25, 0.3) is 0 Å².